The first-order chi connectivity index (χ1) is 7.87. The van der Waals surface area contributed by atoms with Crippen LogP contribution in [0.25, 0.3) is 0 Å². The molecule has 0 N–H and O–H groups in total. The Bertz CT molecular complexity index is 335. The highest BCUT2D eigenvalue weighted by Crippen LogP contribution is 2.55. The van der Waals surface area contributed by atoms with Gasteiger partial charge in [0.05, 0.1) is 6.16 Å². The monoisotopic (exact) mass is 286 g/mol. The van der Waals surface area contributed by atoms with E-state index in [9.17, 15) is 9.13 Å². The second-order valence-electron chi connectivity index (χ2n) is 3.20. The van der Waals surface area contributed by atoms with Crippen LogP contribution in [0.1, 0.15) is 13.3 Å². The normalized spacial score (nSPS) is 14.1. The highest BCUT2D eigenvalue weighted by atomic mass is 31.2. The van der Waals surface area contributed by atoms with Crippen LogP contribution in [-0.2, 0) is 27.2 Å². The second kappa shape index (κ2) is 7.47. The Balaban J connectivity index is 4.55. The smallest absolute Gasteiger partial charge is 0.312 e. The molecule has 0 amide bonds. The summed E-state index contributed by atoms with van der Waals surface area (Å²) in [6, 6.07) is 0. The van der Waals surface area contributed by atoms with Crippen LogP contribution in [0.5, 0.6) is 0 Å². The molecule has 17 heavy (non-hydrogen) atoms. The predicted octanol–water partition coefficient (Wildman–Crippen LogP) is 3.25. The van der Waals surface area contributed by atoms with Gasteiger partial charge in [0, 0.05) is 33.8 Å². The largest absolute Gasteiger partial charge is 0.356 e. The van der Waals surface area contributed by atoms with E-state index in [0.29, 0.717) is 11.7 Å². The summed E-state index contributed by atoms with van der Waals surface area (Å²) in [4.78, 5) is 0. The van der Waals surface area contributed by atoms with Crippen molar-refractivity contribution in [3.63, 3.8) is 0 Å². The van der Waals surface area contributed by atoms with E-state index in [1.807, 2.05) is 0 Å². The molecule has 0 saturated heterocycles. The summed E-state index contributed by atoms with van der Waals surface area (Å²) in [5.74, 6) is 0. The number of hydrogen-bond acceptors (Lipinski definition) is 6. The van der Waals surface area contributed by atoms with E-state index < -0.39 is 15.2 Å². The third-order valence-corrected chi connectivity index (χ3v) is 6.24. The van der Waals surface area contributed by atoms with Gasteiger partial charge in [-0.15, -0.1) is 0 Å². The molecule has 0 bridgehead atoms. The van der Waals surface area contributed by atoms with Crippen molar-refractivity contribution in [3.8, 4) is 0 Å². The fourth-order valence-electron chi connectivity index (χ4n) is 1.16. The van der Waals surface area contributed by atoms with E-state index in [1.54, 1.807) is 13.0 Å². The van der Waals surface area contributed by atoms with E-state index in [4.69, 9.17) is 18.1 Å². The Labute approximate surface area is 102 Å². The van der Waals surface area contributed by atoms with Crippen LogP contribution in [0.15, 0.2) is 11.4 Å². The minimum Gasteiger partial charge on any atom is -0.312 e. The molecule has 0 saturated carbocycles. The highest BCUT2D eigenvalue weighted by molar-refractivity contribution is 7.58. The number of rotatable bonds is 8. The standard InChI is InChI=1S/C9H20O6P2/c1-9(17(11,14-4)15-5)7-6-8-16(10,12-2)13-3/h7H,6,8H2,1-5H3. The molecule has 0 spiro atoms. The molecular weight excluding hydrogens is 266 g/mol. The van der Waals surface area contributed by atoms with E-state index in [0.717, 1.165) is 0 Å². The van der Waals surface area contributed by atoms with Gasteiger partial charge in [-0.3, -0.25) is 9.13 Å². The third-order valence-electron chi connectivity index (χ3n) is 2.31. The molecule has 0 rings (SSSR count). The Morgan fingerprint density at radius 1 is 1.00 bits per heavy atom. The van der Waals surface area contributed by atoms with Gasteiger partial charge in [0.1, 0.15) is 0 Å². The first kappa shape index (κ1) is 17.0. The zero-order valence-corrected chi connectivity index (χ0v) is 12.6. The van der Waals surface area contributed by atoms with Crippen LogP contribution in [0.4, 0.5) is 0 Å². The van der Waals surface area contributed by atoms with Crippen LogP contribution >= 0.6 is 15.2 Å². The molecule has 0 aliphatic carbocycles. The summed E-state index contributed by atoms with van der Waals surface area (Å²) in [6.45, 7) is 1.64. The molecule has 0 aromatic carbocycles. The molecule has 6 nitrogen and oxygen atoms in total. The lowest BCUT2D eigenvalue weighted by atomic mass is 10.4. The summed E-state index contributed by atoms with van der Waals surface area (Å²) in [7, 11) is -0.912. The van der Waals surface area contributed by atoms with Crippen molar-refractivity contribution >= 4 is 15.2 Å². The lowest BCUT2D eigenvalue weighted by molar-refractivity contribution is 0.275. The molecule has 0 aliphatic rings. The van der Waals surface area contributed by atoms with Crippen molar-refractivity contribution in [2.75, 3.05) is 34.6 Å². The highest BCUT2D eigenvalue weighted by Gasteiger charge is 2.24. The lowest BCUT2D eigenvalue weighted by Gasteiger charge is -2.15. The minimum atomic E-state index is -3.18. The fraction of sp³-hybridized carbons (Fsp3) is 0.778. The van der Waals surface area contributed by atoms with Crippen molar-refractivity contribution in [2.45, 2.75) is 13.3 Å². The molecule has 0 atom stereocenters. The summed E-state index contributed by atoms with van der Waals surface area (Å²) < 4.78 is 42.8. The Morgan fingerprint density at radius 2 is 1.47 bits per heavy atom. The van der Waals surface area contributed by atoms with Gasteiger partial charge in [-0.05, 0) is 13.3 Å². The number of hydrogen-bond donors (Lipinski definition) is 0. The van der Waals surface area contributed by atoms with Crippen LogP contribution in [0.2, 0.25) is 0 Å². The van der Waals surface area contributed by atoms with Gasteiger partial charge >= 0.3 is 15.2 Å². The maximum absolute atomic E-state index is 11.9. The summed E-state index contributed by atoms with van der Waals surface area (Å²) in [5, 5.41) is 0.473. The summed E-state index contributed by atoms with van der Waals surface area (Å²) in [5.41, 5.74) is 0. The summed E-state index contributed by atoms with van der Waals surface area (Å²) in [6.07, 6.45) is 2.27. The first-order valence-corrected chi connectivity index (χ1v) is 8.24. The summed E-state index contributed by atoms with van der Waals surface area (Å²) >= 11 is 0. The van der Waals surface area contributed by atoms with Gasteiger partial charge in [0.15, 0.2) is 0 Å². The minimum absolute atomic E-state index is 0.213. The van der Waals surface area contributed by atoms with Gasteiger partial charge in [-0.1, -0.05) is 6.08 Å². The molecule has 8 heteroatoms. The van der Waals surface area contributed by atoms with Gasteiger partial charge in [0.25, 0.3) is 0 Å². The molecule has 0 radical (unpaired) electrons. The van der Waals surface area contributed by atoms with Crippen molar-refractivity contribution in [1.82, 2.24) is 0 Å². The predicted molar refractivity (Wildman–Crippen MR) is 66.5 cm³/mol. The average Bonchev–Trinajstić information content (AvgIpc) is 2.37. The Hall–Kier alpha value is 0.0400. The molecule has 0 fully saturated rings. The third kappa shape index (κ3) is 5.04. The van der Waals surface area contributed by atoms with E-state index in [2.05, 4.69) is 0 Å². The molecule has 0 aromatic heterocycles. The molecular formula is C9H20O6P2. The first-order valence-electron chi connectivity index (χ1n) is 4.97. The second-order valence-corrected chi connectivity index (χ2v) is 8.03. The molecule has 0 unspecified atom stereocenters. The molecule has 0 aromatic rings. The number of allylic oxidation sites excluding steroid dienone is 2. The van der Waals surface area contributed by atoms with E-state index in [-0.39, 0.29) is 6.16 Å². The topological polar surface area (TPSA) is 71.1 Å². The Morgan fingerprint density at radius 3 is 1.82 bits per heavy atom. The van der Waals surface area contributed by atoms with Gasteiger partial charge in [-0.25, -0.2) is 0 Å². The zero-order valence-electron chi connectivity index (χ0n) is 10.8. The molecule has 102 valence electrons. The van der Waals surface area contributed by atoms with Crippen LogP contribution in [-0.4, -0.2) is 34.6 Å². The van der Waals surface area contributed by atoms with Gasteiger partial charge in [-0.2, -0.15) is 0 Å². The maximum atomic E-state index is 11.9. The maximum Gasteiger partial charge on any atom is 0.356 e. The zero-order chi connectivity index (χ0) is 13.5. The lowest BCUT2D eigenvalue weighted by Crippen LogP contribution is -1.95. The quantitative estimate of drug-likeness (QED) is 0.638. The van der Waals surface area contributed by atoms with Crippen LogP contribution in [0.3, 0.4) is 0 Å². The Kier molecular flexibility index (Phi) is 7.49. The fourth-order valence-corrected chi connectivity index (χ4v) is 3.20. The molecule has 0 aliphatic heterocycles. The van der Waals surface area contributed by atoms with E-state index >= 15 is 0 Å². The van der Waals surface area contributed by atoms with Crippen LogP contribution in [0, 0.1) is 0 Å². The SMILES string of the molecule is COP(=O)(CCC=C(C)P(=O)(OC)OC)OC. The van der Waals surface area contributed by atoms with E-state index in [1.165, 1.54) is 28.4 Å². The molecule has 0 heterocycles. The van der Waals surface area contributed by atoms with Crippen LogP contribution < -0.4 is 0 Å². The van der Waals surface area contributed by atoms with Crippen molar-refractivity contribution < 1.29 is 27.2 Å². The van der Waals surface area contributed by atoms with Crippen molar-refractivity contribution in [2.24, 2.45) is 0 Å². The van der Waals surface area contributed by atoms with Crippen molar-refractivity contribution in [3.05, 3.63) is 11.4 Å². The van der Waals surface area contributed by atoms with Gasteiger partial charge < -0.3 is 18.1 Å². The average molecular weight is 286 g/mol. The van der Waals surface area contributed by atoms with Crippen molar-refractivity contribution in [1.29, 1.82) is 0 Å². The van der Waals surface area contributed by atoms with Gasteiger partial charge in [0.2, 0.25) is 0 Å².